The quantitative estimate of drug-likeness (QED) is 0.422. The molecule has 0 radical (unpaired) electrons. The van der Waals surface area contributed by atoms with Gasteiger partial charge in [-0.25, -0.2) is 0 Å². The summed E-state index contributed by atoms with van der Waals surface area (Å²) in [6.45, 7) is 3.57. The van der Waals surface area contributed by atoms with Crippen LogP contribution in [0.1, 0.15) is 18.5 Å². The van der Waals surface area contributed by atoms with Crippen molar-refractivity contribution in [3.63, 3.8) is 0 Å². The summed E-state index contributed by atoms with van der Waals surface area (Å²) in [5, 5.41) is 21.5. The van der Waals surface area contributed by atoms with Crippen molar-refractivity contribution in [3.05, 3.63) is 38.7 Å². The Morgan fingerprint density at radius 2 is 2.26 bits per heavy atom. The van der Waals surface area contributed by atoms with Gasteiger partial charge in [0, 0.05) is 31.4 Å². The average Bonchev–Trinajstić information content (AvgIpc) is 3.07. The number of rotatable bonds is 8. The maximum atomic E-state index is 11.7. The first kappa shape index (κ1) is 17.1. The third-order valence-corrected chi connectivity index (χ3v) is 3.80. The van der Waals surface area contributed by atoms with Crippen molar-refractivity contribution in [2.24, 2.45) is 0 Å². The number of carbonyl (C=O) groups is 1. The summed E-state index contributed by atoms with van der Waals surface area (Å²) < 4.78 is 3.57. The molecule has 0 aliphatic rings. The first-order valence-corrected chi connectivity index (χ1v) is 7.89. The van der Waals surface area contributed by atoms with E-state index in [9.17, 15) is 14.9 Å². The van der Waals surface area contributed by atoms with Crippen LogP contribution in [0.5, 0.6) is 0 Å². The highest BCUT2D eigenvalue weighted by Crippen LogP contribution is 2.21. The maximum absolute atomic E-state index is 11.7. The van der Waals surface area contributed by atoms with Gasteiger partial charge in [-0.05, 0) is 40.3 Å². The number of aromatic nitrogens is 4. The van der Waals surface area contributed by atoms with Crippen molar-refractivity contribution in [1.82, 2.24) is 24.9 Å². The topological polar surface area (TPSA) is 108 Å². The molecule has 0 fully saturated rings. The first-order chi connectivity index (χ1) is 11.0. The number of nitro groups is 1. The third-order valence-electron chi connectivity index (χ3n) is 3.24. The van der Waals surface area contributed by atoms with Gasteiger partial charge in [0.2, 0.25) is 5.91 Å². The van der Waals surface area contributed by atoms with Crippen LogP contribution >= 0.6 is 15.9 Å². The number of halogens is 1. The predicted octanol–water partition coefficient (Wildman–Crippen LogP) is 1.66. The second-order valence-corrected chi connectivity index (χ2v) is 5.82. The Kier molecular flexibility index (Phi) is 5.85. The van der Waals surface area contributed by atoms with E-state index in [4.69, 9.17) is 0 Å². The molecule has 2 rings (SSSR count). The number of carbonyl (C=O) groups excluding carboxylic acids is 1. The molecule has 23 heavy (non-hydrogen) atoms. The van der Waals surface area contributed by atoms with Gasteiger partial charge < -0.3 is 15.4 Å². The molecule has 0 aromatic carbocycles. The van der Waals surface area contributed by atoms with Gasteiger partial charge in [-0.3, -0.25) is 9.48 Å². The fourth-order valence-electron chi connectivity index (χ4n) is 2.02. The van der Waals surface area contributed by atoms with E-state index >= 15 is 0 Å². The summed E-state index contributed by atoms with van der Waals surface area (Å²) in [6.07, 6.45) is 4.24. The maximum Gasteiger partial charge on any atom is 0.404 e. The van der Waals surface area contributed by atoms with Crippen LogP contribution in [0.4, 0.5) is 5.82 Å². The Balaban J connectivity index is 1.68. The minimum absolute atomic E-state index is 0.114. The fourth-order valence-corrected chi connectivity index (χ4v) is 2.48. The zero-order valence-electron chi connectivity index (χ0n) is 12.6. The Hall–Kier alpha value is -2.23. The molecule has 0 saturated carbocycles. The van der Waals surface area contributed by atoms with Gasteiger partial charge in [-0.2, -0.15) is 9.78 Å². The molecule has 2 aromatic rings. The molecule has 0 bridgehead atoms. The molecule has 0 aliphatic carbocycles. The Labute approximate surface area is 140 Å². The lowest BCUT2D eigenvalue weighted by Gasteiger charge is -2.06. The lowest BCUT2D eigenvalue weighted by atomic mass is 10.3. The van der Waals surface area contributed by atoms with E-state index in [1.165, 1.54) is 10.9 Å². The monoisotopic (exact) mass is 384 g/mol. The normalized spacial score (nSPS) is 10.7. The number of nitrogens with zero attached hydrogens (tertiary/aromatic N) is 5. The molecule has 0 spiro atoms. The Morgan fingerprint density at radius 1 is 1.48 bits per heavy atom. The van der Waals surface area contributed by atoms with E-state index < -0.39 is 4.92 Å². The third kappa shape index (κ3) is 4.88. The van der Waals surface area contributed by atoms with Gasteiger partial charge in [-0.15, -0.1) is 0 Å². The van der Waals surface area contributed by atoms with Gasteiger partial charge in [0.1, 0.15) is 4.47 Å². The van der Waals surface area contributed by atoms with Crippen molar-refractivity contribution in [1.29, 1.82) is 0 Å². The minimum atomic E-state index is -0.572. The molecular formula is C13H17BrN6O3. The first-order valence-electron chi connectivity index (χ1n) is 7.10. The average molecular weight is 385 g/mol. The van der Waals surface area contributed by atoms with Crippen LogP contribution in [-0.4, -0.2) is 36.9 Å². The highest BCUT2D eigenvalue weighted by Gasteiger charge is 2.18. The number of nitrogens with one attached hydrogen (secondary N) is 1. The zero-order chi connectivity index (χ0) is 16.8. The molecule has 0 unspecified atom stereocenters. The van der Waals surface area contributed by atoms with Crippen molar-refractivity contribution in [3.8, 4) is 0 Å². The van der Waals surface area contributed by atoms with Crippen LogP contribution < -0.4 is 5.32 Å². The van der Waals surface area contributed by atoms with Crippen molar-refractivity contribution >= 4 is 27.7 Å². The summed E-state index contributed by atoms with van der Waals surface area (Å²) in [5.41, 5.74) is 1.09. The zero-order valence-corrected chi connectivity index (χ0v) is 14.2. The van der Waals surface area contributed by atoms with Gasteiger partial charge in [0.05, 0.1) is 17.8 Å². The number of amides is 1. The molecule has 0 atom stereocenters. The van der Waals surface area contributed by atoms with E-state index in [0.717, 1.165) is 18.7 Å². The van der Waals surface area contributed by atoms with E-state index in [-0.39, 0.29) is 24.7 Å². The summed E-state index contributed by atoms with van der Waals surface area (Å²) in [4.78, 5) is 21.9. The van der Waals surface area contributed by atoms with E-state index in [1.807, 2.05) is 17.7 Å². The van der Waals surface area contributed by atoms with Gasteiger partial charge in [-0.1, -0.05) is 0 Å². The van der Waals surface area contributed by atoms with Gasteiger partial charge in [0.25, 0.3) is 0 Å². The van der Waals surface area contributed by atoms with Crippen LogP contribution in [-0.2, 0) is 17.9 Å². The second kappa shape index (κ2) is 7.86. The van der Waals surface area contributed by atoms with Crippen LogP contribution in [0.2, 0.25) is 0 Å². The van der Waals surface area contributed by atoms with E-state index in [2.05, 4.69) is 31.4 Å². The molecule has 1 amide bonds. The summed E-state index contributed by atoms with van der Waals surface area (Å²) in [7, 11) is 0. The van der Waals surface area contributed by atoms with Crippen molar-refractivity contribution < 1.29 is 9.72 Å². The van der Waals surface area contributed by atoms with Crippen LogP contribution in [0, 0.1) is 17.0 Å². The smallest absolute Gasteiger partial charge is 0.358 e. The number of hydrogen-bond acceptors (Lipinski definition) is 5. The molecule has 2 aromatic heterocycles. The predicted molar refractivity (Wildman–Crippen MR) is 85.8 cm³/mol. The minimum Gasteiger partial charge on any atom is -0.358 e. The van der Waals surface area contributed by atoms with Crippen molar-refractivity contribution in [2.45, 2.75) is 32.9 Å². The lowest BCUT2D eigenvalue weighted by molar-refractivity contribution is -0.390. The molecular weight excluding hydrogens is 368 g/mol. The molecule has 124 valence electrons. The van der Waals surface area contributed by atoms with Gasteiger partial charge in [0.15, 0.2) is 0 Å². The highest BCUT2D eigenvalue weighted by atomic mass is 79.9. The van der Waals surface area contributed by atoms with Crippen molar-refractivity contribution in [2.75, 3.05) is 6.54 Å². The highest BCUT2D eigenvalue weighted by molar-refractivity contribution is 9.10. The number of hydrogen-bond donors (Lipinski definition) is 1. The van der Waals surface area contributed by atoms with Crippen LogP contribution in [0.15, 0.2) is 22.9 Å². The van der Waals surface area contributed by atoms with E-state index in [0.29, 0.717) is 11.0 Å². The SMILES string of the molecule is Cc1ccnn1CCCNC(=O)CCn1cc(Br)c([N+](=O)[O-])n1. The van der Waals surface area contributed by atoms with E-state index in [1.54, 1.807) is 6.20 Å². The lowest BCUT2D eigenvalue weighted by Crippen LogP contribution is -2.26. The van der Waals surface area contributed by atoms with Crippen LogP contribution in [0.25, 0.3) is 0 Å². The molecule has 10 heteroatoms. The standard InChI is InChI=1S/C13H17BrN6O3/c1-10-3-6-16-19(10)7-2-5-15-12(21)4-8-18-9-11(14)13(17-18)20(22)23/h3,6,9H,2,4-5,7-8H2,1H3,(H,15,21). The summed E-state index contributed by atoms with van der Waals surface area (Å²) in [5.74, 6) is -0.364. The Bertz CT molecular complexity index is 696. The van der Waals surface area contributed by atoms with Gasteiger partial charge >= 0.3 is 5.82 Å². The Morgan fingerprint density at radius 3 is 2.87 bits per heavy atom. The molecule has 0 saturated heterocycles. The molecule has 0 aliphatic heterocycles. The fraction of sp³-hybridized carbons (Fsp3) is 0.462. The summed E-state index contributed by atoms with van der Waals surface area (Å²) in [6, 6.07) is 1.93. The number of aryl methyl sites for hydroxylation is 3. The molecule has 1 N–H and O–H groups in total. The molecule has 2 heterocycles. The second-order valence-electron chi connectivity index (χ2n) is 4.97. The van der Waals surface area contributed by atoms with Crippen LogP contribution in [0.3, 0.4) is 0 Å². The summed E-state index contributed by atoms with van der Waals surface area (Å²) >= 11 is 3.07. The largest absolute Gasteiger partial charge is 0.404 e. The molecule has 9 nitrogen and oxygen atoms in total.